The molecule has 1 N–H and O–H groups in total. The molecule has 0 spiro atoms. The molecule has 2 fully saturated rings. The summed E-state index contributed by atoms with van der Waals surface area (Å²) in [6.07, 6.45) is 8.04. The minimum atomic E-state index is -0.938. The first kappa shape index (κ1) is 24.4. The number of ether oxygens (including phenoxy) is 2. The molecule has 6 rings (SSSR count). The van der Waals surface area contributed by atoms with E-state index in [0.29, 0.717) is 31.4 Å². The number of likely N-dealkylation sites (tertiary alicyclic amines) is 1. The van der Waals surface area contributed by atoms with Crippen LogP contribution in [0.1, 0.15) is 66.8 Å². The van der Waals surface area contributed by atoms with Gasteiger partial charge in [0, 0.05) is 29.1 Å². The lowest BCUT2D eigenvalue weighted by Crippen LogP contribution is -2.32. The molecular formula is C30H35FN2O4. The molecule has 2 aliphatic heterocycles. The van der Waals surface area contributed by atoms with Crippen LogP contribution < -0.4 is 4.74 Å². The Hall–Kier alpha value is -2.90. The second kappa shape index (κ2) is 10.5. The van der Waals surface area contributed by atoms with Crippen LogP contribution in [0.3, 0.4) is 0 Å². The van der Waals surface area contributed by atoms with E-state index in [1.54, 1.807) is 12.1 Å². The summed E-state index contributed by atoms with van der Waals surface area (Å²) in [6.45, 7) is 4.59. The number of aromatic nitrogens is 1. The maximum absolute atomic E-state index is 14.4. The number of hydrogen-bond acceptors (Lipinski definition) is 4. The molecule has 0 unspecified atom stereocenters. The van der Waals surface area contributed by atoms with Gasteiger partial charge in [-0.25, -0.2) is 9.18 Å². The Balaban J connectivity index is 1.47. The third kappa shape index (κ3) is 4.87. The lowest BCUT2D eigenvalue weighted by Gasteiger charge is -2.28. The van der Waals surface area contributed by atoms with E-state index in [1.165, 1.54) is 49.8 Å². The third-order valence-corrected chi connectivity index (χ3v) is 8.33. The zero-order valence-corrected chi connectivity index (χ0v) is 21.3. The van der Waals surface area contributed by atoms with Crippen molar-refractivity contribution in [1.82, 2.24) is 9.47 Å². The zero-order chi connectivity index (χ0) is 25.4. The average molecular weight is 507 g/mol. The molecule has 0 bridgehead atoms. The molecule has 1 atom stereocenters. The minimum absolute atomic E-state index is 0.235. The number of halogens is 1. The van der Waals surface area contributed by atoms with Crippen molar-refractivity contribution in [3.05, 3.63) is 53.3 Å². The van der Waals surface area contributed by atoms with Crippen LogP contribution in [-0.2, 0) is 11.3 Å². The maximum atomic E-state index is 14.4. The van der Waals surface area contributed by atoms with Gasteiger partial charge in [-0.3, -0.25) is 0 Å². The first-order valence-corrected chi connectivity index (χ1v) is 13.7. The quantitative estimate of drug-likeness (QED) is 0.440. The molecule has 6 nitrogen and oxygen atoms in total. The SMILES string of the molecule is O=C(O)c1ccc2c(C3CCCCC3)c3n(c2c1)C[C@H](OCCN1CCCC1)COc1cc(F)ccc1-3. The molecule has 2 aromatic carbocycles. The normalized spacial score (nSPS) is 20.7. The number of carboxylic acid groups (broad SMARTS) is 1. The van der Waals surface area contributed by atoms with Crippen LogP contribution in [0.2, 0.25) is 0 Å². The van der Waals surface area contributed by atoms with Gasteiger partial charge in [0.25, 0.3) is 0 Å². The van der Waals surface area contributed by atoms with Crippen molar-refractivity contribution < 1.29 is 23.8 Å². The van der Waals surface area contributed by atoms with Crippen LogP contribution in [0.5, 0.6) is 5.75 Å². The second-order valence-corrected chi connectivity index (χ2v) is 10.7. The Morgan fingerprint density at radius 2 is 1.86 bits per heavy atom. The van der Waals surface area contributed by atoms with E-state index in [2.05, 4.69) is 9.47 Å². The van der Waals surface area contributed by atoms with E-state index >= 15 is 0 Å². The molecule has 3 heterocycles. The van der Waals surface area contributed by atoms with Gasteiger partial charge in [-0.2, -0.15) is 0 Å². The van der Waals surface area contributed by atoms with Crippen molar-refractivity contribution >= 4 is 16.9 Å². The molecule has 37 heavy (non-hydrogen) atoms. The van der Waals surface area contributed by atoms with Crippen LogP contribution in [0.4, 0.5) is 4.39 Å². The highest BCUT2D eigenvalue weighted by Gasteiger charge is 2.31. The summed E-state index contributed by atoms with van der Waals surface area (Å²) in [7, 11) is 0. The van der Waals surface area contributed by atoms with Gasteiger partial charge >= 0.3 is 5.97 Å². The molecule has 1 saturated carbocycles. The van der Waals surface area contributed by atoms with Crippen molar-refractivity contribution in [2.45, 2.75) is 63.5 Å². The van der Waals surface area contributed by atoms with E-state index in [9.17, 15) is 14.3 Å². The Kier molecular flexibility index (Phi) is 6.91. The van der Waals surface area contributed by atoms with Crippen molar-refractivity contribution in [1.29, 1.82) is 0 Å². The van der Waals surface area contributed by atoms with Crippen molar-refractivity contribution in [3.63, 3.8) is 0 Å². The summed E-state index contributed by atoms with van der Waals surface area (Å²) in [5, 5.41) is 10.8. The number of hydrogen-bond donors (Lipinski definition) is 1. The van der Waals surface area contributed by atoms with Gasteiger partial charge in [-0.05, 0) is 74.5 Å². The van der Waals surface area contributed by atoms with E-state index in [0.717, 1.165) is 54.6 Å². The van der Waals surface area contributed by atoms with Gasteiger partial charge in [-0.1, -0.05) is 25.3 Å². The van der Waals surface area contributed by atoms with Crippen LogP contribution in [0, 0.1) is 5.82 Å². The highest BCUT2D eigenvalue weighted by molar-refractivity contribution is 5.98. The third-order valence-electron chi connectivity index (χ3n) is 8.33. The number of carboxylic acids is 1. The van der Waals surface area contributed by atoms with Crippen LogP contribution in [0.25, 0.3) is 22.2 Å². The molecule has 3 aliphatic rings. The number of aromatic carboxylic acids is 1. The number of benzene rings is 2. The molecule has 1 saturated heterocycles. The summed E-state index contributed by atoms with van der Waals surface area (Å²) >= 11 is 0. The number of carbonyl (C=O) groups is 1. The molecule has 3 aromatic rings. The average Bonchev–Trinajstić information content (AvgIpc) is 3.52. The highest BCUT2D eigenvalue weighted by Crippen LogP contribution is 2.47. The summed E-state index contributed by atoms with van der Waals surface area (Å²) in [4.78, 5) is 14.3. The summed E-state index contributed by atoms with van der Waals surface area (Å²) < 4.78 is 29.2. The summed E-state index contributed by atoms with van der Waals surface area (Å²) in [6, 6.07) is 10.2. The fraction of sp³-hybridized carbons (Fsp3) is 0.500. The maximum Gasteiger partial charge on any atom is 0.335 e. The predicted molar refractivity (Wildman–Crippen MR) is 141 cm³/mol. The molecule has 1 aliphatic carbocycles. The fourth-order valence-corrected chi connectivity index (χ4v) is 6.50. The number of nitrogens with zero attached hydrogens (tertiary/aromatic N) is 2. The zero-order valence-electron chi connectivity index (χ0n) is 21.3. The Labute approximate surface area is 217 Å². The molecule has 196 valence electrons. The van der Waals surface area contributed by atoms with Gasteiger partial charge < -0.3 is 24.0 Å². The van der Waals surface area contributed by atoms with Gasteiger partial charge in [0.1, 0.15) is 24.3 Å². The number of fused-ring (bicyclic) bond motifs is 5. The molecular weight excluding hydrogens is 471 g/mol. The van der Waals surface area contributed by atoms with E-state index in [4.69, 9.17) is 9.47 Å². The van der Waals surface area contributed by atoms with Gasteiger partial charge in [0.05, 0.1) is 24.4 Å². The first-order chi connectivity index (χ1) is 18.1. The topological polar surface area (TPSA) is 63.9 Å². The van der Waals surface area contributed by atoms with Gasteiger partial charge in [0.2, 0.25) is 0 Å². The van der Waals surface area contributed by atoms with E-state index in [-0.39, 0.29) is 17.5 Å². The van der Waals surface area contributed by atoms with Crippen molar-refractivity contribution in [2.24, 2.45) is 0 Å². The largest absolute Gasteiger partial charge is 0.490 e. The van der Waals surface area contributed by atoms with Crippen LogP contribution in [-0.4, -0.2) is 59.5 Å². The molecule has 1 aromatic heterocycles. The number of rotatable bonds is 6. The first-order valence-electron chi connectivity index (χ1n) is 13.7. The highest BCUT2D eigenvalue weighted by atomic mass is 19.1. The van der Waals surface area contributed by atoms with Gasteiger partial charge in [0.15, 0.2) is 0 Å². The van der Waals surface area contributed by atoms with Crippen molar-refractivity contribution in [3.8, 4) is 17.0 Å². The fourth-order valence-electron chi connectivity index (χ4n) is 6.50. The van der Waals surface area contributed by atoms with Crippen LogP contribution in [0.15, 0.2) is 36.4 Å². The summed E-state index contributed by atoms with van der Waals surface area (Å²) in [5.74, 6) is -0.380. The molecule has 0 radical (unpaired) electrons. The molecule has 0 amide bonds. The van der Waals surface area contributed by atoms with E-state index in [1.807, 2.05) is 12.1 Å². The summed E-state index contributed by atoms with van der Waals surface area (Å²) in [5.41, 5.74) is 4.30. The van der Waals surface area contributed by atoms with Gasteiger partial charge in [-0.15, -0.1) is 0 Å². The lowest BCUT2D eigenvalue weighted by atomic mass is 9.81. The van der Waals surface area contributed by atoms with E-state index < -0.39 is 5.97 Å². The Bertz CT molecular complexity index is 1290. The lowest BCUT2D eigenvalue weighted by molar-refractivity contribution is 0.00207. The van der Waals surface area contributed by atoms with Crippen molar-refractivity contribution in [2.75, 3.05) is 32.8 Å². The Morgan fingerprint density at radius 3 is 2.65 bits per heavy atom. The Morgan fingerprint density at radius 1 is 1.05 bits per heavy atom. The molecule has 7 heteroatoms. The van der Waals surface area contributed by atoms with Crippen LogP contribution >= 0.6 is 0 Å². The standard InChI is InChI=1S/C30H35FN2O4/c31-22-9-11-25-27(17-22)37-19-23(36-15-14-32-12-4-5-13-32)18-33-26-16-21(30(34)35)8-10-24(26)28(29(25)33)20-6-2-1-3-7-20/h8-11,16-17,20,23H,1-7,12-15,18-19H2,(H,34,35)/t23-/m0/s1. The predicted octanol–water partition coefficient (Wildman–Crippen LogP) is 6.07. The smallest absolute Gasteiger partial charge is 0.335 e. The minimum Gasteiger partial charge on any atom is -0.490 e. The monoisotopic (exact) mass is 506 g/mol. The second-order valence-electron chi connectivity index (χ2n) is 10.7.